The maximum Gasteiger partial charge on any atom is 0.241 e. The van der Waals surface area contributed by atoms with Gasteiger partial charge in [0.2, 0.25) is 15.8 Å². The van der Waals surface area contributed by atoms with Gasteiger partial charge in [0.25, 0.3) is 0 Å². The van der Waals surface area contributed by atoms with Crippen LogP contribution in [-0.4, -0.2) is 51.7 Å². The molecule has 8 nitrogen and oxygen atoms in total. The second-order valence-electron chi connectivity index (χ2n) is 13.0. The number of benzene rings is 3. The fourth-order valence-corrected chi connectivity index (χ4v) is 7.22. The molecule has 1 saturated carbocycles. The van der Waals surface area contributed by atoms with E-state index in [9.17, 15) is 13.5 Å². The SMILES string of the molecule is CC1(C)OCc2cc([C@@H](O)CNCCCCCCOCCCCc3cccc(-c4ccccc4S(=O)(=O)NC4CC4)c3)ccc2O1. The zero-order chi connectivity index (χ0) is 32.4. The molecule has 0 unspecified atom stereocenters. The molecule has 1 aliphatic heterocycles. The average molecular weight is 651 g/mol. The molecule has 250 valence electrons. The lowest BCUT2D eigenvalue weighted by Crippen LogP contribution is -2.35. The molecular weight excluding hydrogens is 600 g/mol. The number of nitrogens with one attached hydrogen (secondary N) is 2. The Labute approximate surface area is 274 Å². The van der Waals surface area contributed by atoms with Gasteiger partial charge in [-0.15, -0.1) is 0 Å². The summed E-state index contributed by atoms with van der Waals surface area (Å²) in [5, 5.41) is 14.0. The van der Waals surface area contributed by atoms with Gasteiger partial charge >= 0.3 is 0 Å². The summed E-state index contributed by atoms with van der Waals surface area (Å²) in [6, 6.07) is 21.4. The predicted molar refractivity (Wildman–Crippen MR) is 181 cm³/mol. The molecule has 5 rings (SSSR count). The largest absolute Gasteiger partial charge is 0.463 e. The van der Waals surface area contributed by atoms with Crippen LogP contribution in [0.3, 0.4) is 0 Å². The fourth-order valence-electron chi connectivity index (χ4n) is 5.68. The monoisotopic (exact) mass is 650 g/mol. The number of rotatable bonds is 19. The third-order valence-corrected chi connectivity index (χ3v) is 10.0. The first-order valence-corrected chi connectivity index (χ1v) is 18.3. The van der Waals surface area contributed by atoms with Crippen LogP contribution in [0.1, 0.15) is 88.0 Å². The number of aryl methyl sites for hydroxylation is 1. The maximum atomic E-state index is 12.9. The molecule has 3 aromatic carbocycles. The summed E-state index contributed by atoms with van der Waals surface area (Å²) in [7, 11) is -3.53. The smallest absolute Gasteiger partial charge is 0.241 e. The molecule has 0 spiro atoms. The van der Waals surface area contributed by atoms with Crippen molar-refractivity contribution in [1.82, 2.24) is 10.0 Å². The van der Waals surface area contributed by atoms with Crippen molar-refractivity contribution in [3.63, 3.8) is 0 Å². The number of hydrogen-bond acceptors (Lipinski definition) is 7. The summed E-state index contributed by atoms with van der Waals surface area (Å²) < 4.78 is 46.1. The van der Waals surface area contributed by atoms with E-state index in [0.29, 0.717) is 18.0 Å². The molecule has 3 N–H and O–H groups in total. The summed E-state index contributed by atoms with van der Waals surface area (Å²) in [4.78, 5) is 0.347. The van der Waals surface area contributed by atoms with E-state index in [4.69, 9.17) is 14.2 Å². The van der Waals surface area contributed by atoms with Crippen molar-refractivity contribution in [1.29, 1.82) is 0 Å². The molecule has 3 aromatic rings. The van der Waals surface area contributed by atoms with Crippen LogP contribution in [0.25, 0.3) is 11.1 Å². The van der Waals surface area contributed by atoms with Crippen molar-refractivity contribution >= 4 is 10.0 Å². The Morgan fingerprint density at radius 1 is 0.935 bits per heavy atom. The van der Waals surface area contributed by atoms with E-state index in [1.54, 1.807) is 12.1 Å². The van der Waals surface area contributed by atoms with Crippen LogP contribution in [0.5, 0.6) is 5.75 Å². The Bertz CT molecular complexity index is 1520. The van der Waals surface area contributed by atoms with Crippen LogP contribution in [0.15, 0.2) is 71.6 Å². The van der Waals surface area contributed by atoms with Crippen molar-refractivity contribution in [2.75, 3.05) is 26.3 Å². The van der Waals surface area contributed by atoms with Crippen LogP contribution in [-0.2, 0) is 32.5 Å². The first-order chi connectivity index (χ1) is 22.2. The van der Waals surface area contributed by atoms with Crippen molar-refractivity contribution < 1.29 is 27.7 Å². The molecule has 0 aromatic heterocycles. The van der Waals surface area contributed by atoms with Gasteiger partial charge in [-0.25, -0.2) is 13.1 Å². The minimum atomic E-state index is -3.53. The molecule has 0 bridgehead atoms. The lowest BCUT2D eigenvalue weighted by Gasteiger charge is -2.33. The van der Waals surface area contributed by atoms with E-state index in [1.807, 2.05) is 56.3 Å². The quantitative estimate of drug-likeness (QED) is 0.125. The van der Waals surface area contributed by atoms with Crippen molar-refractivity contribution in [3.05, 3.63) is 83.4 Å². The molecular formula is C37H50N2O6S. The Balaban J connectivity index is 0.901. The molecule has 9 heteroatoms. The second kappa shape index (κ2) is 16.4. The van der Waals surface area contributed by atoms with Gasteiger partial charge in [-0.1, -0.05) is 61.4 Å². The summed E-state index contributed by atoms with van der Waals surface area (Å²) in [6.45, 7) is 7.22. The Hall–Kier alpha value is -2.79. The van der Waals surface area contributed by atoms with Crippen molar-refractivity contribution in [3.8, 4) is 16.9 Å². The van der Waals surface area contributed by atoms with E-state index in [1.165, 1.54) is 5.56 Å². The van der Waals surface area contributed by atoms with Crippen LogP contribution in [0.2, 0.25) is 0 Å². The van der Waals surface area contributed by atoms with Crippen LogP contribution >= 0.6 is 0 Å². The third kappa shape index (κ3) is 10.4. The van der Waals surface area contributed by atoms with E-state index in [2.05, 4.69) is 22.2 Å². The second-order valence-corrected chi connectivity index (χ2v) is 14.6. The van der Waals surface area contributed by atoms with Gasteiger partial charge in [0.1, 0.15) is 5.75 Å². The molecule has 0 radical (unpaired) electrons. The molecule has 1 atom stereocenters. The van der Waals surface area contributed by atoms with Crippen LogP contribution < -0.4 is 14.8 Å². The first-order valence-electron chi connectivity index (χ1n) is 16.8. The number of aliphatic hydroxyl groups excluding tert-OH is 1. The summed E-state index contributed by atoms with van der Waals surface area (Å²) in [5.41, 5.74) is 4.73. The van der Waals surface area contributed by atoms with Crippen LogP contribution in [0, 0.1) is 0 Å². The Morgan fingerprint density at radius 3 is 2.54 bits per heavy atom. The van der Waals surface area contributed by atoms with Gasteiger partial charge < -0.3 is 24.6 Å². The molecule has 2 aliphatic rings. The standard InChI is InChI=1S/C37H50N2O6S/c1-37(2)44-27-31-25-30(17-20-35(31)45-37)34(40)26-38-21-8-3-4-9-22-43-23-10-7-12-28-13-11-14-29(24-28)33-15-5-6-16-36(33)46(41,42)39-32-18-19-32/h5-6,11,13-17,20,24-25,32,34,38-40H,3-4,7-10,12,18-19,21-23,26-27H2,1-2H3/t34-/m0/s1. The van der Waals surface area contributed by atoms with E-state index >= 15 is 0 Å². The average Bonchev–Trinajstić information content (AvgIpc) is 3.86. The summed E-state index contributed by atoms with van der Waals surface area (Å²) in [6.07, 6.45) is 8.60. The highest BCUT2D eigenvalue weighted by Crippen LogP contribution is 2.33. The Morgan fingerprint density at radius 2 is 1.72 bits per heavy atom. The number of unbranched alkanes of at least 4 members (excludes halogenated alkanes) is 4. The van der Waals surface area contributed by atoms with E-state index in [-0.39, 0.29) is 6.04 Å². The zero-order valence-corrected chi connectivity index (χ0v) is 28.1. The molecule has 0 saturated heterocycles. The van der Waals surface area contributed by atoms with Gasteiger partial charge in [-0.2, -0.15) is 0 Å². The molecule has 1 fully saturated rings. The summed E-state index contributed by atoms with van der Waals surface area (Å²) in [5.74, 6) is 0.205. The zero-order valence-electron chi connectivity index (χ0n) is 27.3. The first kappa shape index (κ1) is 34.5. The third-order valence-electron chi connectivity index (χ3n) is 8.45. The lowest BCUT2D eigenvalue weighted by atomic mass is 10.0. The highest BCUT2D eigenvalue weighted by atomic mass is 32.2. The van der Waals surface area contributed by atoms with Gasteiger partial charge in [0, 0.05) is 50.8 Å². The van der Waals surface area contributed by atoms with Gasteiger partial charge in [0.15, 0.2) is 0 Å². The number of aliphatic hydroxyl groups is 1. The number of hydrogen-bond donors (Lipinski definition) is 3. The highest BCUT2D eigenvalue weighted by molar-refractivity contribution is 7.89. The minimum absolute atomic E-state index is 0.0768. The molecule has 1 aliphatic carbocycles. The maximum absolute atomic E-state index is 12.9. The Kier molecular flexibility index (Phi) is 12.3. The van der Waals surface area contributed by atoms with E-state index in [0.717, 1.165) is 106 Å². The number of ether oxygens (including phenoxy) is 3. The highest BCUT2D eigenvalue weighted by Gasteiger charge is 2.30. The molecule has 0 amide bonds. The fraction of sp³-hybridized carbons (Fsp3) is 0.514. The van der Waals surface area contributed by atoms with Gasteiger partial charge in [0.05, 0.1) is 17.6 Å². The summed E-state index contributed by atoms with van der Waals surface area (Å²) >= 11 is 0. The predicted octanol–water partition coefficient (Wildman–Crippen LogP) is 6.66. The van der Waals surface area contributed by atoms with Gasteiger partial charge in [-0.05, 0) is 86.4 Å². The van der Waals surface area contributed by atoms with Crippen molar-refractivity contribution in [2.45, 2.75) is 101 Å². The van der Waals surface area contributed by atoms with Gasteiger partial charge in [-0.3, -0.25) is 0 Å². The lowest BCUT2D eigenvalue weighted by molar-refractivity contribution is -0.180. The topological polar surface area (TPSA) is 106 Å². The number of fused-ring (bicyclic) bond motifs is 1. The minimum Gasteiger partial charge on any atom is -0.463 e. The van der Waals surface area contributed by atoms with Crippen molar-refractivity contribution in [2.24, 2.45) is 0 Å². The molecule has 46 heavy (non-hydrogen) atoms. The van der Waals surface area contributed by atoms with E-state index < -0.39 is 21.9 Å². The molecule has 1 heterocycles. The van der Waals surface area contributed by atoms with Crippen LogP contribution in [0.4, 0.5) is 0 Å². The normalized spacial score (nSPS) is 16.5. The number of sulfonamides is 1.